The number of hydroxylamine groups is 2. The van der Waals surface area contributed by atoms with Gasteiger partial charge in [0.2, 0.25) is 0 Å². The van der Waals surface area contributed by atoms with Crippen LogP contribution in [0.2, 0.25) is 0 Å². The molecule has 14 nitrogen and oxygen atoms in total. The van der Waals surface area contributed by atoms with Crippen molar-refractivity contribution in [2.75, 3.05) is 12.3 Å². The van der Waals surface area contributed by atoms with Gasteiger partial charge in [0.1, 0.15) is 29.4 Å². The predicted molar refractivity (Wildman–Crippen MR) is 168 cm³/mol. The minimum absolute atomic E-state index is 0.0487. The number of anilines is 1. The van der Waals surface area contributed by atoms with Gasteiger partial charge in [0.15, 0.2) is 29.3 Å². The van der Waals surface area contributed by atoms with Crippen molar-refractivity contribution in [3.63, 3.8) is 0 Å². The second kappa shape index (κ2) is 13.3. The smallest absolute Gasteiger partial charge is 0.276 e. The summed E-state index contributed by atoms with van der Waals surface area (Å²) in [5.74, 6) is 0.0677. The molecule has 2 amide bonds. The summed E-state index contributed by atoms with van der Waals surface area (Å²) in [4.78, 5) is 40.6. The van der Waals surface area contributed by atoms with E-state index in [2.05, 4.69) is 27.7 Å². The van der Waals surface area contributed by atoms with Crippen LogP contribution in [0.15, 0.2) is 33.7 Å². The third-order valence-corrected chi connectivity index (χ3v) is 9.01. The van der Waals surface area contributed by atoms with Crippen molar-refractivity contribution in [1.82, 2.24) is 20.7 Å². The zero-order valence-electron chi connectivity index (χ0n) is 25.0. The largest absolute Gasteiger partial charge is 0.486 e. The number of nitrogens with zero attached hydrogens (tertiary/aromatic N) is 4. The van der Waals surface area contributed by atoms with Crippen molar-refractivity contribution in [2.24, 2.45) is 15.9 Å². The van der Waals surface area contributed by atoms with Crippen molar-refractivity contribution in [3.8, 4) is 5.75 Å². The number of hydrogen-bond donors (Lipinski definition) is 5. The maximum Gasteiger partial charge on any atom is 0.276 e. The first kappa shape index (κ1) is 32.0. The van der Waals surface area contributed by atoms with Crippen molar-refractivity contribution >= 4 is 52.2 Å². The quantitative estimate of drug-likeness (QED) is 0.0834. The number of amidine groups is 1. The number of amides is 2. The molecule has 0 spiro atoms. The second-order valence-corrected chi connectivity index (χ2v) is 12.9. The van der Waals surface area contributed by atoms with Gasteiger partial charge >= 0.3 is 0 Å². The molecule has 44 heavy (non-hydrogen) atoms. The van der Waals surface area contributed by atoms with Crippen LogP contribution in [0.3, 0.4) is 0 Å². The molecule has 2 aromatic rings. The van der Waals surface area contributed by atoms with E-state index in [0.717, 1.165) is 59.1 Å². The molecular formula is C28H38N8O6S2. The first-order chi connectivity index (χ1) is 21.0. The number of rotatable bonds is 10. The number of β-lactam (4-membered cyclic amide) rings is 1. The fraction of sp³-hybridized carbons (Fsp3) is 0.536. The lowest BCUT2D eigenvalue weighted by Crippen LogP contribution is -2.76. The van der Waals surface area contributed by atoms with E-state index < -0.39 is 29.5 Å². The predicted octanol–water partition coefficient (Wildman–Crippen LogP) is 2.23. The maximum atomic E-state index is 13.3. The minimum atomic E-state index is -0.925. The molecule has 238 valence electrons. The van der Waals surface area contributed by atoms with Crippen LogP contribution in [0.4, 0.5) is 5.13 Å². The molecule has 2 fully saturated rings. The van der Waals surface area contributed by atoms with Crippen molar-refractivity contribution in [3.05, 3.63) is 40.4 Å². The van der Waals surface area contributed by atoms with Gasteiger partial charge in [-0.15, -0.1) is 11.3 Å². The Bertz CT molecular complexity index is 1450. The van der Waals surface area contributed by atoms with Crippen LogP contribution >= 0.6 is 23.7 Å². The zero-order chi connectivity index (χ0) is 31.6. The zero-order valence-corrected chi connectivity index (χ0v) is 26.6. The lowest BCUT2D eigenvalue weighted by Gasteiger charge is -2.50. The number of hydrogen-bond acceptors (Lipinski definition) is 13. The average molecular weight is 647 g/mol. The number of fused-ring (bicyclic) bond motifs is 1. The Hall–Kier alpha value is -3.44. The van der Waals surface area contributed by atoms with Gasteiger partial charge in [-0.25, -0.2) is 4.98 Å². The number of thiazole rings is 1. The number of benzene rings is 1. The third-order valence-electron chi connectivity index (χ3n) is 8.12. The van der Waals surface area contributed by atoms with Crippen LogP contribution in [-0.4, -0.2) is 80.4 Å². The highest BCUT2D eigenvalue weighted by molar-refractivity contribution is 7.88. The van der Waals surface area contributed by atoms with Crippen molar-refractivity contribution in [1.29, 1.82) is 0 Å². The molecule has 5 rings (SSSR count). The molecule has 16 heteroatoms. The van der Waals surface area contributed by atoms with Crippen LogP contribution in [0.5, 0.6) is 5.75 Å². The lowest BCUT2D eigenvalue weighted by molar-refractivity contribution is -0.214. The molecule has 1 aromatic carbocycles. The van der Waals surface area contributed by atoms with Crippen molar-refractivity contribution < 1.29 is 28.0 Å². The number of aliphatic imine (C=N–C) groups is 1. The summed E-state index contributed by atoms with van der Waals surface area (Å²) in [5.41, 5.74) is 13.3. The summed E-state index contributed by atoms with van der Waals surface area (Å²) in [5, 5.41) is 13.1. The Morgan fingerprint density at radius 2 is 2.18 bits per heavy atom. The van der Waals surface area contributed by atoms with E-state index in [1.54, 1.807) is 19.2 Å². The standard InChI is InChI=1S/C28H38N8O6S2/c1-14-11-18(9-10-31-14)32-24(29)17-6-8-21-16(12-17)5-7-20(40-21)15(2)41-35-22(19-13-43-27(30)33-19)25(37)34-23-26(38)36(42-44-39)28(23,3)4/h6,8,12-15,18,20,23,31,39H,5,7,9-11H2,1-4H3,(H2,29,32)(H2,30,33)(H,34,37)/b35-22-. The highest BCUT2D eigenvalue weighted by atomic mass is 32.2. The number of ether oxygens (including phenoxy) is 1. The van der Waals surface area contributed by atoms with E-state index >= 15 is 0 Å². The van der Waals surface area contributed by atoms with Gasteiger partial charge < -0.3 is 36.2 Å². The van der Waals surface area contributed by atoms with E-state index in [1.165, 1.54) is 0 Å². The van der Waals surface area contributed by atoms with E-state index in [9.17, 15) is 9.59 Å². The molecule has 4 heterocycles. The average Bonchev–Trinajstić information content (AvgIpc) is 3.43. The number of nitrogens with two attached hydrogens (primary N) is 2. The van der Waals surface area contributed by atoms with Gasteiger partial charge in [0.25, 0.3) is 11.8 Å². The van der Waals surface area contributed by atoms with Crippen LogP contribution in [0.25, 0.3) is 0 Å². The van der Waals surface area contributed by atoms with E-state index in [4.69, 9.17) is 34.9 Å². The number of carbonyl (C=O) groups excluding carboxylic acids is 2. The first-order valence-electron chi connectivity index (χ1n) is 14.4. The number of oxime groups is 1. The topological polar surface area (TPSA) is 199 Å². The molecule has 1 aromatic heterocycles. The Balaban J connectivity index is 1.25. The Labute approximate surface area is 264 Å². The molecule has 0 saturated carbocycles. The number of aromatic nitrogens is 1. The highest BCUT2D eigenvalue weighted by Gasteiger charge is 2.57. The van der Waals surface area contributed by atoms with Gasteiger partial charge in [-0.2, -0.15) is 9.35 Å². The van der Waals surface area contributed by atoms with Gasteiger partial charge in [-0.1, -0.05) is 5.16 Å². The SMILES string of the molecule is CC1CC(N=C(N)c2ccc3c(c2)CCC(C(C)O/N=C(\C(=O)NC2C(=O)N(OSO)C2(C)C)c2csc(N)n2)O3)CCN1. The summed E-state index contributed by atoms with van der Waals surface area (Å²) in [6.45, 7) is 8.27. The number of aryl methyl sites for hydroxylation is 1. The van der Waals surface area contributed by atoms with Gasteiger partial charge in [0.05, 0.1) is 11.6 Å². The number of nitrogen functional groups attached to an aromatic ring is 1. The molecule has 3 aliphatic rings. The number of piperidine rings is 1. The van der Waals surface area contributed by atoms with Gasteiger partial charge in [-0.05, 0) is 83.7 Å². The first-order valence-corrected chi connectivity index (χ1v) is 16.0. The molecule has 3 aliphatic heterocycles. The summed E-state index contributed by atoms with van der Waals surface area (Å²) < 4.78 is 20.1. The third kappa shape index (κ3) is 6.78. The van der Waals surface area contributed by atoms with E-state index in [0.29, 0.717) is 18.3 Å². The van der Waals surface area contributed by atoms with Crippen LogP contribution in [0.1, 0.15) is 63.8 Å². The monoisotopic (exact) mass is 646 g/mol. The van der Waals surface area contributed by atoms with Crippen LogP contribution in [0, 0.1) is 0 Å². The fourth-order valence-electron chi connectivity index (χ4n) is 5.56. The second-order valence-electron chi connectivity index (χ2n) is 11.7. The number of carbonyl (C=O) groups is 2. The molecule has 7 N–H and O–H groups in total. The van der Waals surface area contributed by atoms with Crippen LogP contribution < -0.4 is 26.8 Å². The normalized spacial score (nSPS) is 25.8. The fourth-order valence-corrected chi connectivity index (χ4v) is 6.44. The molecule has 0 aliphatic carbocycles. The highest BCUT2D eigenvalue weighted by Crippen LogP contribution is 2.34. The van der Waals surface area contributed by atoms with E-state index in [1.807, 2.05) is 25.1 Å². The van der Waals surface area contributed by atoms with Crippen LogP contribution in [-0.2, 0) is 25.1 Å². The Morgan fingerprint density at radius 1 is 1.39 bits per heavy atom. The summed E-state index contributed by atoms with van der Waals surface area (Å²) in [6, 6.07) is 5.56. The summed E-state index contributed by atoms with van der Waals surface area (Å²) in [7, 11) is 0. The molecular weight excluding hydrogens is 608 g/mol. The minimum Gasteiger partial charge on any atom is -0.486 e. The summed E-state index contributed by atoms with van der Waals surface area (Å²) >= 11 is 1.19. The van der Waals surface area contributed by atoms with E-state index in [-0.39, 0.29) is 41.0 Å². The lowest BCUT2D eigenvalue weighted by atomic mass is 9.84. The van der Waals surface area contributed by atoms with Crippen molar-refractivity contribution in [2.45, 2.75) is 89.3 Å². The molecule has 5 atom stereocenters. The molecule has 5 unspecified atom stereocenters. The van der Waals surface area contributed by atoms with Gasteiger partial charge in [-0.3, -0.25) is 14.6 Å². The maximum absolute atomic E-state index is 13.3. The Kier molecular flexibility index (Phi) is 9.65. The Morgan fingerprint density at radius 3 is 2.86 bits per heavy atom. The van der Waals surface area contributed by atoms with Gasteiger partial charge in [0, 0.05) is 17.0 Å². The molecule has 0 bridgehead atoms. The molecule has 2 saturated heterocycles. The number of nitrogens with one attached hydrogen (secondary N) is 2. The summed E-state index contributed by atoms with van der Waals surface area (Å²) in [6.07, 6.45) is 2.46. The molecule has 0 radical (unpaired) electrons.